The zero-order valence-electron chi connectivity index (χ0n) is 11.4. The van der Waals surface area contributed by atoms with E-state index >= 15 is 0 Å². The molecule has 2 heteroatoms. The van der Waals surface area contributed by atoms with E-state index in [2.05, 4.69) is 36.2 Å². The lowest BCUT2D eigenvalue weighted by Crippen LogP contribution is -2.32. The molecule has 2 aromatic rings. The summed E-state index contributed by atoms with van der Waals surface area (Å²) in [5, 5.41) is 0. The molecule has 1 atom stereocenters. The first-order chi connectivity index (χ1) is 9.16. The summed E-state index contributed by atoms with van der Waals surface area (Å²) in [5.74, 6) is -0.117. The van der Waals surface area contributed by atoms with Crippen molar-refractivity contribution in [2.24, 2.45) is 0 Å². The molecule has 98 valence electrons. The Morgan fingerprint density at radius 3 is 2.74 bits per heavy atom. The van der Waals surface area contributed by atoms with Crippen molar-refractivity contribution in [1.29, 1.82) is 0 Å². The highest BCUT2D eigenvalue weighted by Gasteiger charge is 2.26. The van der Waals surface area contributed by atoms with Crippen molar-refractivity contribution in [3.05, 3.63) is 70.5 Å². The highest BCUT2D eigenvalue weighted by atomic mass is 19.1. The predicted octanol–water partition coefficient (Wildman–Crippen LogP) is 3.71. The van der Waals surface area contributed by atoms with Crippen LogP contribution in [0.1, 0.15) is 28.3 Å². The van der Waals surface area contributed by atoms with Crippen LogP contribution in [0.2, 0.25) is 0 Å². The number of nitrogens with zero attached hydrogens (tertiary/aromatic N) is 1. The Hall–Kier alpha value is -1.67. The Labute approximate surface area is 113 Å². The topological polar surface area (TPSA) is 3.24 Å². The van der Waals surface area contributed by atoms with Crippen molar-refractivity contribution < 1.29 is 4.39 Å². The molecule has 0 saturated heterocycles. The van der Waals surface area contributed by atoms with Crippen molar-refractivity contribution in [3.63, 3.8) is 0 Å². The molecule has 0 aromatic heterocycles. The third-order valence-corrected chi connectivity index (χ3v) is 4.04. The third-order valence-electron chi connectivity index (χ3n) is 4.04. The second-order valence-corrected chi connectivity index (χ2v) is 5.34. The quantitative estimate of drug-likeness (QED) is 0.751. The molecule has 0 N–H and O–H groups in total. The van der Waals surface area contributed by atoms with E-state index in [1.165, 1.54) is 11.1 Å². The lowest BCUT2D eigenvalue weighted by atomic mass is 9.88. The summed E-state index contributed by atoms with van der Waals surface area (Å²) in [6.45, 7) is 2.81. The van der Waals surface area contributed by atoms with Crippen LogP contribution in [0.25, 0.3) is 0 Å². The van der Waals surface area contributed by atoms with Gasteiger partial charge in [0.1, 0.15) is 5.82 Å². The molecule has 0 amide bonds. The van der Waals surface area contributed by atoms with Crippen molar-refractivity contribution in [1.82, 2.24) is 4.90 Å². The van der Waals surface area contributed by atoms with Gasteiger partial charge >= 0.3 is 0 Å². The number of benzene rings is 2. The maximum atomic E-state index is 13.8. The lowest BCUT2D eigenvalue weighted by Gasteiger charge is -2.35. The van der Waals surface area contributed by atoms with Crippen LogP contribution in [0.4, 0.5) is 4.39 Å². The van der Waals surface area contributed by atoms with Gasteiger partial charge in [-0.25, -0.2) is 4.39 Å². The van der Waals surface area contributed by atoms with E-state index in [1.807, 2.05) is 12.1 Å². The number of halogens is 1. The molecule has 0 spiro atoms. The van der Waals surface area contributed by atoms with E-state index in [1.54, 1.807) is 13.0 Å². The standard InChI is InChI=1S/C17H18FN/c1-12-7-8-14(11-16(12)18)17-15-6-4-3-5-13(15)9-10-19(17)2/h3-8,11,17H,9-10H2,1-2H3. The van der Waals surface area contributed by atoms with Crippen LogP contribution in [-0.4, -0.2) is 18.5 Å². The molecule has 3 rings (SSSR count). The minimum absolute atomic E-state index is 0.117. The Morgan fingerprint density at radius 2 is 1.95 bits per heavy atom. The van der Waals surface area contributed by atoms with Gasteiger partial charge in [-0.15, -0.1) is 0 Å². The molecule has 0 aliphatic carbocycles. The number of rotatable bonds is 1. The van der Waals surface area contributed by atoms with Gasteiger partial charge in [-0.1, -0.05) is 36.4 Å². The van der Waals surface area contributed by atoms with E-state index in [4.69, 9.17) is 0 Å². The summed E-state index contributed by atoms with van der Waals surface area (Å²) in [7, 11) is 2.11. The van der Waals surface area contributed by atoms with E-state index < -0.39 is 0 Å². The zero-order valence-corrected chi connectivity index (χ0v) is 11.4. The van der Waals surface area contributed by atoms with Gasteiger partial charge in [0.2, 0.25) is 0 Å². The van der Waals surface area contributed by atoms with Gasteiger partial charge in [0.25, 0.3) is 0 Å². The van der Waals surface area contributed by atoms with Crippen LogP contribution < -0.4 is 0 Å². The largest absolute Gasteiger partial charge is 0.295 e. The molecule has 0 fully saturated rings. The van der Waals surface area contributed by atoms with Crippen LogP contribution in [-0.2, 0) is 6.42 Å². The van der Waals surface area contributed by atoms with Crippen LogP contribution in [0, 0.1) is 12.7 Å². The van der Waals surface area contributed by atoms with Crippen LogP contribution >= 0.6 is 0 Å². The monoisotopic (exact) mass is 255 g/mol. The van der Waals surface area contributed by atoms with Crippen molar-refractivity contribution >= 4 is 0 Å². The second kappa shape index (κ2) is 4.78. The average Bonchev–Trinajstić information content (AvgIpc) is 2.42. The number of hydrogen-bond acceptors (Lipinski definition) is 1. The zero-order chi connectivity index (χ0) is 13.4. The fourth-order valence-electron chi connectivity index (χ4n) is 2.91. The van der Waals surface area contributed by atoms with Crippen molar-refractivity contribution in [2.75, 3.05) is 13.6 Å². The predicted molar refractivity (Wildman–Crippen MR) is 75.8 cm³/mol. The first-order valence-corrected chi connectivity index (χ1v) is 6.71. The van der Waals surface area contributed by atoms with Gasteiger partial charge in [-0.2, -0.15) is 0 Å². The summed E-state index contributed by atoms with van der Waals surface area (Å²) < 4.78 is 13.8. The van der Waals surface area contributed by atoms with Gasteiger partial charge in [-0.05, 0) is 48.7 Å². The summed E-state index contributed by atoms with van der Waals surface area (Å²) in [4.78, 5) is 2.30. The summed E-state index contributed by atoms with van der Waals surface area (Å²) in [6.07, 6.45) is 1.07. The molecule has 1 unspecified atom stereocenters. The molecule has 2 aromatic carbocycles. The maximum Gasteiger partial charge on any atom is 0.126 e. The Bertz CT molecular complexity index is 606. The Morgan fingerprint density at radius 1 is 1.16 bits per heavy atom. The van der Waals surface area contributed by atoms with Crippen LogP contribution in [0.15, 0.2) is 42.5 Å². The smallest absolute Gasteiger partial charge is 0.126 e. The molecular weight excluding hydrogens is 237 g/mol. The van der Waals surface area contributed by atoms with Crippen LogP contribution in [0.3, 0.4) is 0 Å². The fourth-order valence-corrected chi connectivity index (χ4v) is 2.91. The molecule has 19 heavy (non-hydrogen) atoms. The molecule has 1 aliphatic heterocycles. The third kappa shape index (κ3) is 2.17. The van der Waals surface area contributed by atoms with Gasteiger partial charge in [-0.3, -0.25) is 4.90 Å². The number of hydrogen-bond donors (Lipinski definition) is 0. The SMILES string of the molecule is Cc1ccc(C2c3ccccc3CCN2C)cc1F. The summed E-state index contributed by atoms with van der Waals surface area (Å²) in [6, 6.07) is 14.2. The van der Waals surface area contributed by atoms with Gasteiger partial charge in [0.05, 0.1) is 6.04 Å². The first-order valence-electron chi connectivity index (χ1n) is 6.71. The van der Waals surface area contributed by atoms with Crippen molar-refractivity contribution in [3.8, 4) is 0 Å². The van der Waals surface area contributed by atoms with Crippen LogP contribution in [0.5, 0.6) is 0 Å². The first kappa shape index (κ1) is 12.4. The van der Waals surface area contributed by atoms with Gasteiger partial charge < -0.3 is 0 Å². The minimum atomic E-state index is -0.117. The number of likely N-dealkylation sites (N-methyl/N-ethyl adjacent to an activating group) is 1. The fraction of sp³-hybridized carbons (Fsp3) is 0.294. The average molecular weight is 255 g/mol. The molecule has 1 aliphatic rings. The van der Waals surface area contributed by atoms with Gasteiger partial charge in [0, 0.05) is 6.54 Å². The molecule has 0 radical (unpaired) electrons. The summed E-state index contributed by atoms with van der Waals surface area (Å²) >= 11 is 0. The lowest BCUT2D eigenvalue weighted by molar-refractivity contribution is 0.264. The summed E-state index contributed by atoms with van der Waals surface area (Å²) in [5.41, 5.74) is 4.43. The van der Waals surface area contributed by atoms with Crippen molar-refractivity contribution in [2.45, 2.75) is 19.4 Å². The molecule has 1 nitrogen and oxygen atoms in total. The van der Waals surface area contributed by atoms with E-state index in [0.29, 0.717) is 5.56 Å². The van der Waals surface area contributed by atoms with E-state index in [9.17, 15) is 4.39 Å². The van der Waals surface area contributed by atoms with E-state index in [0.717, 1.165) is 18.5 Å². The highest BCUT2D eigenvalue weighted by Crippen LogP contribution is 2.34. The number of fused-ring (bicyclic) bond motifs is 1. The molecule has 0 saturated carbocycles. The Balaban J connectivity index is 2.10. The normalized spacial score (nSPS) is 19.2. The molecular formula is C17H18FN. The second-order valence-electron chi connectivity index (χ2n) is 5.34. The maximum absolute atomic E-state index is 13.8. The highest BCUT2D eigenvalue weighted by molar-refractivity contribution is 5.40. The Kier molecular flexibility index (Phi) is 3.11. The minimum Gasteiger partial charge on any atom is -0.295 e. The van der Waals surface area contributed by atoms with E-state index in [-0.39, 0.29) is 11.9 Å². The molecule has 1 heterocycles. The van der Waals surface area contributed by atoms with Gasteiger partial charge in [0.15, 0.2) is 0 Å². The number of aryl methyl sites for hydroxylation is 1. The molecule has 0 bridgehead atoms.